The standard InChI is InChI=1S/C32H30Cl2N6O2/c1-40(2)30-24-10-6-7-11-27(24)37-32(39-30)36-23-15-13-22(14-16-23)35-31(42)25-18-21(33)19-26(34)29(25)38-28(41)17-12-20-8-4-3-5-9-20/h3-11,18-19,22-23H,13-16H2,1-2H3,(H,35,42)(H,38,41)(H,36,37,39). The lowest BCUT2D eigenvalue weighted by Crippen LogP contribution is -2.40. The van der Waals surface area contributed by atoms with E-state index in [2.05, 4.69) is 27.8 Å². The van der Waals surface area contributed by atoms with Crippen LogP contribution in [0.25, 0.3) is 10.9 Å². The van der Waals surface area contributed by atoms with E-state index in [0.29, 0.717) is 16.5 Å². The zero-order chi connectivity index (χ0) is 29.6. The third-order valence-corrected chi connectivity index (χ3v) is 7.55. The predicted molar refractivity (Wildman–Crippen MR) is 169 cm³/mol. The summed E-state index contributed by atoms with van der Waals surface area (Å²) in [6, 6.07) is 20.2. The van der Waals surface area contributed by atoms with Gasteiger partial charge in [-0.1, -0.05) is 59.5 Å². The van der Waals surface area contributed by atoms with Gasteiger partial charge < -0.3 is 20.9 Å². The summed E-state index contributed by atoms with van der Waals surface area (Å²) in [6.45, 7) is 0. The summed E-state index contributed by atoms with van der Waals surface area (Å²) in [7, 11) is 3.93. The average molecular weight is 602 g/mol. The van der Waals surface area contributed by atoms with Gasteiger partial charge in [0, 0.05) is 48.1 Å². The summed E-state index contributed by atoms with van der Waals surface area (Å²) in [5.74, 6) is 5.84. The van der Waals surface area contributed by atoms with Crippen LogP contribution in [-0.4, -0.2) is 48.0 Å². The van der Waals surface area contributed by atoms with Crippen molar-refractivity contribution in [3.05, 3.63) is 87.9 Å². The van der Waals surface area contributed by atoms with Gasteiger partial charge in [-0.25, -0.2) is 4.98 Å². The third kappa shape index (κ3) is 7.11. The van der Waals surface area contributed by atoms with Crippen LogP contribution < -0.4 is 20.9 Å². The molecule has 1 heterocycles. The molecule has 214 valence electrons. The second-order valence-corrected chi connectivity index (χ2v) is 11.2. The van der Waals surface area contributed by atoms with Gasteiger partial charge in [-0.2, -0.15) is 4.98 Å². The Hall–Kier alpha value is -4.32. The Morgan fingerprint density at radius 2 is 1.60 bits per heavy atom. The monoisotopic (exact) mass is 600 g/mol. The van der Waals surface area contributed by atoms with Crippen LogP contribution in [0.5, 0.6) is 0 Å². The quantitative estimate of drug-likeness (QED) is 0.230. The fraction of sp³-hybridized carbons (Fsp3) is 0.250. The van der Waals surface area contributed by atoms with E-state index in [9.17, 15) is 9.59 Å². The van der Waals surface area contributed by atoms with Gasteiger partial charge in [-0.05, 0) is 62.1 Å². The maximum atomic E-state index is 13.3. The first kappa shape index (κ1) is 29.2. The van der Waals surface area contributed by atoms with Crippen molar-refractivity contribution in [2.45, 2.75) is 37.8 Å². The smallest absolute Gasteiger partial charge is 0.300 e. The van der Waals surface area contributed by atoms with Crippen molar-refractivity contribution in [1.29, 1.82) is 0 Å². The minimum Gasteiger partial charge on any atom is -0.362 e. The molecule has 3 aromatic carbocycles. The first-order chi connectivity index (χ1) is 20.3. The number of para-hydroxylation sites is 1. The number of benzene rings is 3. The molecule has 5 rings (SSSR count). The van der Waals surface area contributed by atoms with Crippen LogP contribution >= 0.6 is 23.2 Å². The Labute approximate surface area is 254 Å². The molecule has 3 N–H and O–H groups in total. The van der Waals surface area contributed by atoms with E-state index >= 15 is 0 Å². The summed E-state index contributed by atoms with van der Waals surface area (Å²) in [5, 5.41) is 10.7. The molecule has 8 nitrogen and oxygen atoms in total. The highest BCUT2D eigenvalue weighted by Gasteiger charge is 2.25. The van der Waals surface area contributed by atoms with E-state index in [-0.39, 0.29) is 34.3 Å². The van der Waals surface area contributed by atoms with Gasteiger partial charge in [0.1, 0.15) is 5.82 Å². The van der Waals surface area contributed by atoms with Gasteiger partial charge in [-0.3, -0.25) is 9.59 Å². The van der Waals surface area contributed by atoms with Crippen molar-refractivity contribution >= 4 is 63.4 Å². The molecule has 0 radical (unpaired) electrons. The molecule has 10 heteroatoms. The third-order valence-electron chi connectivity index (χ3n) is 7.03. The predicted octanol–water partition coefficient (Wildman–Crippen LogP) is 6.15. The first-order valence-corrected chi connectivity index (χ1v) is 14.4. The fourth-order valence-electron chi connectivity index (χ4n) is 4.97. The number of carbonyl (C=O) groups excluding carboxylic acids is 2. The van der Waals surface area contributed by atoms with E-state index in [1.807, 2.05) is 61.5 Å². The number of carbonyl (C=O) groups is 2. The largest absolute Gasteiger partial charge is 0.362 e. The van der Waals surface area contributed by atoms with Gasteiger partial charge in [0.05, 0.1) is 21.8 Å². The normalized spacial score (nSPS) is 16.2. The zero-order valence-corrected chi connectivity index (χ0v) is 24.8. The highest BCUT2D eigenvalue weighted by molar-refractivity contribution is 6.38. The van der Waals surface area contributed by atoms with Gasteiger partial charge in [-0.15, -0.1) is 0 Å². The summed E-state index contributed by atoms with van der Waals surface area (Å²) in [6.07, 6.45) is 3.17. The molecule has 0 aliphatic heterocycles. The molecule has 1 aliphatic rings. The van der Waals surface area contributed by atoms with Crippen molar-refractivity contribution < 1.29 is 9.59 Å². The molecular weight excluding hydrogens is 571 g/mol. The summed E-state index contributed by atoms with van der Waals surface area (Å²) >= 11 is 12.6. The SMILES string of the molecule is CN(C)c1nc(NC2CCC(NC(=O)c3cc(Cl)cc(Cl)c3NC(=O)C#Cc3ccccc3)CC2)nc2ccccc12. The van der Waals surface area contributed by atoms with Gasteiger partial charge >= 0.3 is 5.91 Å². The number of amides is 2. The zero-order valence-electron chi connectivity index (χ0n) is 23.2. The summed E-state index contributed by atoms with van der Waals surface area (Å²) in [5.41, 5.74) is 1.94. The van der Waals surface area contributed by atoms with Crippen molar-refractivity contribution in [1.82, 2.24) is 15.3 Å². The van der Waals surface area contributed by atoms with Gasteiger partial charge in [0.15, 0.2) is 0 Å². The number of nitrogens with one attached hydrogen (secondary N) is 3. The molecule has 1 aromatic heterocycles. The van der Waals surface area contributed by atoms with Crippen LogP contribution in [-0.2, 0) is 4.79 Å². The molecule has 0 spiro atoms. The lowest BCUT2D eigenvalue weighted by Gasteiger charge is -2.30. The van der Waals surface area contributed by atoms with Crippen molar-refractivity contribution in [2.75, 3.05) is 29.6 Å². The van der Waals surface area contributed by atoms with Crippen LogP contribution in [0.4, 0.5) is 17.5 Å². The van der Waals surface area contributed by atoms with E-state index in [0.717, 1.165) is 42.4 Å². The lowest BCUT2D eigenvalue weighted by atomic mass is 9.91. The number of halogens is 2. The fourth-order valence-corrected chi connectivity index (χ4v) is 5.51. The van der Waals surface area contributed by atoms with Crippen LogP contribution in [0.1, 0.15) is 41.6 Å². The summed E-state index contributed by atoms with van der Waals surface area (Å²) < 4.78 is 0. The second-order valence-electron chi connectivity index (χ2n) is 10.3. The Kier molecular flexibility index (Phi) is 9.11. The Bertz CT molecular complexity index is 1680. The van der Waals surface area contributed by atoms with E-state index in [1.54, 1.807) is 12.1 Å². The van der Waals surface area contributed by atoms with Crippen LogP contribution in [0.15, 0.2) is 66.7 Å². The van der Waals surface area contributed by atoms with E-state index in [4.69, 9.17) is 33.2 Å². The van der Waals surface area contributed by atoms with Gasteiger partial charge in [0.25, 0.3) is 5.91 Å². The van der Waals surface area contributed by atoms with Crippen molar-refractivity contribution in [3.8, 4) is 11.8 Å². The minimum absolute atomic E-state index is 0.0513. The topological polar surface area (TPSA) is 99.3 Å². The van der Waals surface area contributed by atoms with E-state index < -0.39 is 5.91 Å². The highest BCUT2D eigenvalue weighted by Crippen LogP contribution is 2.31. The van der Waals surface area contributed by atoms with Gasteiger partial charge in [0.2, 0.25) is 5.95 Å². The molecular formula is C32H30Cl2N6O2. The minimum atomic E-state index is -0.586. The van der Waals surface area contributed by atoms with E-state index in [1.165, 1.54) is 12.1 Å². The van der Waals surface area contributed by atoms with Crippen molar-refractivity contribution in [3.63, 3.8) is 0 Å². The maximum absolute atomic E-state index is 13.3. The second kappa shape index (κ2) is 13.1. The molecule has 0 atom stereocenters. The molecule has 1 saturated carbocycles. The number of anilines is 3. The molecule has 1 aliphatic carbocycles. The number of aromatic nitrogens is 2. The van der Waals surface area contributed by atoms with Crippen LogP contribution in [0.2, 0.25) is 10.0 Å². The molecule has 42 heavy (non-hydrogen) atoms. The molecule has 2 amide bonds. The summed E-state index contributed by atoms with van der Waals surface area (Å²) in [4.78, 5) is 37.4. The number of hydrogen-bond acceptors (Lipinski definition) is 6. The first-order valence-electron chi connectivity index (χ1n) is 13.7. The maximum Gasteiger partial charge on any atom is 0.300 e. The molecule has 0 bridgehead atoms. The number of rotatable bonds is 6. The van der Waals surface area contributed by atoms with Crippen LogP contribution in [0, 0.1) is 11.8 Å². The Balaban J connectivity index is 1.22. The van der Waals surface area contributed by atoms with Crippen molar-refractivity contribution in [2.24, 2.45) is 0 Å². The number of nitrogens with zero attached hydrogens (tertiary/aromatic N) is 3. The Morgan fingerprint density at radius 1 is 0.905 bits per heavy atom. The number of hydrogen-bond donors (Lipinski definition) is 3. The highest BCUT2D eigenvalue weighted by atomic mass is 35.5. The molecule has 0 saturated heterocycles. The molecule has 1 fully saturated rings. The average Bonchev–Trinajstić information content (AvgIpc) is 2.98. The lowest BCUT2D eigenvalue weighted by molar-refractivity contribution is -0.111. The van der Waals surface area contributed by atoms with Crippen LogP contribution in [0.3, 0.4) is 0 Å². The number of fused-ring (bicyclic) bond motifs is 1. The molecule has 0 unspecified atom stereocenters. The molecule has 4 aromatic rings. The Morgan fingerprint density at radius 3 is 2.33 bits per heavy atom.